The number of nitrogens with one attached hydrogen (secondary N) is 2. The van der Waals surface area contributed by atoms with Crippen LogP contribution in [0.15, 0.2) is 17.5 Å². The Morgan fingerprint density at radius 3 is 3.00 bits per heavy atom. The van der Waals surface area contributed by atoms with Crippen molar-refractivity contribution >= 4 is 28.8 Å². The molecule has 0 aliphatic heterocycles. The van der Waals surface area contributed by atoms with Gasteiger partial charge in [-0.3, -0.25) is 5.10 Å². The Hall–Kier alpha value is -1.00. The fourth-order valence-electron chi connectivity index (χ4n) is 1.43. The van der Waals surface area contributed by atoms with E-state index in [1.165, 1.54) is 24.2 Å². The summed E-state index contributed by atoms with van der Waals surface area (Å²) in [6.07, 6.45) is 2.51. The third kappa shape index (κ3) is 2.01. The van der Waals surface area contributed by atoms with Gasteiger partial charge < -0.3 is 5.32 Å². The van der Waals surface area contributed by atoms with Gasteiger partial charge in [0.25, 0.3) is 0 Å². The summed E-state index contributed by atoms with van der Waals surface area (Å²) >= 11 is 7.41. The van der Waals surface area contributed by atoms with Gasteiger partial charge in [0.05, 0.1) is 10.0 Å². The van der Waals surface area contributed by atoms with Crippen molar-refractivity contribution in [3.8, 4) is 11.3 Å². The third-order valence-electron chi connectivity index (χ3n) is 2.39. The molecule has 0 saturated heterocycles. The minimum Gasteiger partial charge on any atom is -0.366 e. The summed E-state index contributed by atoms with van der Waals surface area (Å²) in [4.78, 5) is 0. The van der Waals surface area contributed by atoms with Crippen LogP contribution in [0.5, 0.6) is 0 Å². The number of rotatable bonds is 3. The number of anilines is 1. The Morgan fingerprint density at radius 2 is 2.33 bits per heavy atom. The zero-order chi connectivity index (χ0) is 10.3. The summed E-state index contributed by atoms with van der Waals surface area (Å²) in [7, 11) is 0. The zero-order valence-electron chi connectivity index (χ0n) is 7.96. The molecule has 1 aliphatic carbocycles. The molecule has 1 fully saturated rings. The minimum absolute atomic E-state index is 0.632. The molecule has 0 spiro atoms. The molecule has 3 rings (SSSR count). The molecular weight excluding hydrogens is 230 g/mol. The van der Waals surface area contributed by atoms with Gasteiger partial charge in [0, 0.05) is 23.1 Å². The summed E-state index contributed by atoms with van der Waals surface area (Å²) in [5.41, 5.74) is 2.11. The first-order valence-corrected chi connectivity index (χ1v) is 6.13. The third-order valence-corrected chi connectivity index (χ3v) is 3.48. The Morgan fingerprint density at radius 1 is 1.47 bits per heavy atom. The first-order chi connectivity index (χ1) is 7.31. The quantitative estimate of drug-likeness (QED) is 0.862. The average Bonchev–Trinajstić information content (AvgIpc) is 2.74. The van der Waals surface area contributed by atoms with E-state index in [9.17, 15) is 0 Å². The van der Waals surface area contributed by atoms with Gasteiger partial charge in [-0.25, -0.2) is 0 Å². The fourth-order valence-corrected chi connectivity index (χ4v) is 2.31. The monoisotopic (exact) mass is 239 g/mol. The Kier molecular flexibility index (Phi) is 2.18. The van der Waals surface area contributed by atoms with Gasteiger partial charge in [0.15, 0.2) is 0 Å². The first-order valence-electron chi connectivity index (χ1n) is 4.87. The van der Waals surface area contributed by atoms with Crippen LogP contribution in [-0.2, 0) is 0 Å². The van der Waals surface area contributed by atoms with Crippen molar-refractivity contribution in [2.24, 2.45) is 0 Å². The van der Waals surface area contributed by atoms with Gasteiger partial charge in [-0.15, -0.1) is 11.3 Å². The standard InChI is InChI=1S/C10H10ClN3S/c11-9-3-6(5-15-9)8-4-10(14-13-8)12-7-1-2-7/h3-5,7H,1-2H2,(H2,12,13,14). The molecule has 0 atom stereocenters. The first kappa shape index (κ1) is 9.24. The number of hydrogen-bond acceptors (Lipinski definition) is 3. The maximum absolute atomic E-state index is 5.88. The summed E-state index contributed by atoms with van der Waals surface area (Å²) in [6, 6.07) is 4.60. The number of aromatic nitrogens is 2. The van der Waals surface area contributed by atoms with Crippen molar-refractivity contribution in [1.82, 2.24) is 10.2 Å². The van der Waals surface area contributed by atoms with Gasteiger partial charge in [0.1, 0.15) is 5.82 Å². The molecular formula is C10H10ClN3S. The molecule has 15 heavy (non-hydrogen) atoms. The summed E-state index contributed by atoms with van der Waals surface area (Å²) in [5.74, 6) is 0.926. The van der Waals surface area contributed by atoms with Crippen molar-refractivity contribution in [3.05, 3.63) is 21.8 Å². The van der Waals surface area contributed by atoms with Crippen molar-refractivity contribution in [1.29, 1.82) is 0 Å². The second-order valence-electron chi connectivity index (χ2n) is 3.72. The number of nitrogens with zero attached hydrogens (tertiary/aromatic N) is 1. The van der Waals surface area contributed by atoms with Crippen LogP contribution in [0.4, 0.5) is 5.82 Å². The van der Waals surface area contributed by atoms with E-state index in [-0.39, 0.29) is 0 Å². The maximum Gasteiger partial charge on any atom is 0.148 e. The van der Waals surface area contributed by atoms with Crippen molar-refractivity contribution in [3.63, 3.8) is 0 Å². The number of thiophene rings is 1. The Labute approximate surface area is 96.5 Å². The van der Waals surface area contributed by atoms with Gasteiger partial charge in [-0.1, -0.05) is 11.6 Å². The largest absolute Gasteiger partial charge is 0.366 e. The zero-order valence-corrected chi connectivity index (χ0v) is 9.53. The van der Waals surface area contributed by atoms with E-state index < -0.39 is 0 Å². The van der Waals surface area contributed by atoms with Crippen LogP contribution in [0.2, 0.25) is 4.34 Å². The molecule has 0 bridgehead atoms. The molecule has 0 aromatic carbocycles. The van der Waals surface area contributed by atoms with Gasteiger partial charge in [-0.2, -0.15) is 5.10 Å². The molecule has 2 N–H and O–H groups in total. The van der Waals surface area contributed by atoms with Crippen molar-refractivity contribution < 1.29 is 0 Å². The van der Waals surface area contributed by atoms with Gasteiger partial charge in [0.2, 0.25) is 0 Å². The van der Waals surface area contributed by atoms with Crippen LogP contribution in [0.1, 0.15) is 12.8 Å². The van der Waals surface area contributed by atoms with E-state index in [4.69, 9.17) is 11.6 Å². The molecule has 5 heteroatoms. The average molecular weight is 240 g/mol. The molecule has 1 aliphatic rings. The lowest BCUT2D eigenvalue weighted by molar-refractivity contribution is 1.05. The summed E-state index contributed by atoms with van der Waals surface area (Å²) in [6.45, 7) is 0. The van der Waals surface area contributed by atoms with E-state index in [1.807, 2.05) is 17.5 Å². The highest BCUT2D eigenvalue weighted by atomic mass is 35.5. The molecule has 2 aromatic heterocycles. The number of aromatic amines is 1. The normalized spacial score (nSPS) is 15.5. The fraction of sp³-hybridized carbons (Fsp3) is 0.300. The Bertz CT molecular complexity index is 472. The number of halogens is 1. The lowest BCUT2D eigenvalue weighted by Gasteiger charge is -1.95. The van der Waals surface area contributed by atoms with Crippen molar-refractivity contribution in [2.45, 2.75) is 18.9 Å². The van der Waals surface area contributed by atoms with Crippen LogP contribution in [-0.4, -0.2) is 16.2 Å². The molecule has 2 aromatic rings. The van der Waals surface area contributed by atoms with Crippen LogP contribution in [0.25, 0.3) is 11.3 Å². The number of hydrogen-bond donors (Lipinski definition) is 2. The van der Waals surface area contributed by atoms with Crippen molar-refractivity contribution in [2.75, 3.05) is 5.32 Å². The smallest absolute Gasteiger partial charge is 0.148 e. The number of H-pyrrole nitrogens is 1. The second-order valence-corrected chi connectivity index (χ2v) is 5.27. The maximum atomic E-state index is 5.88. The van der Waals surface area contributed by atoms with E-state index >= 15 is 0 Å². The SMILES string of the molecule is Clc1cc(-c2cc(NC3CC3)n[nH]2)cs1. The molecule has 0 radical (unpaired) electrons. The molecule has 2 heterocycles. The predicted molar refractivity (Wildman–Crippen MR) is 63.6 cm³/mol. The minimum atomic E-state index is 0.632. The van der Waals surface area contributed by atoms with Gasteiger partial charge in [-0.05, 0) is 18.9 Å². The molecule has 1 saturated carbocycles. The lowest BCUT2D eigenvalue weighted by atomic mass is 10.2. The molecule has 0 amide bonds. The van der Waals surface area contributed by atoms with E-state index in [0.717, 1.165) is 21.4 Å². The van der Waals surface area contributed by atoms with Crippen LogP contribution < -0.4 is 5.32 Å². The molecule has 78 valence electrons. The van der Waals surface area contributed by atoms with Crippen LogP contribution >= 0.6 is 22.9 Å². The summed E-state index contributed by atoms with van der Waals surface area (Å²) in [5, 5.41) is 12.6. The lowest BCUT2D eigenvalue weighted by Crippen LogP contribution is -2.00. The highest BCUT2D eigenvalue weighted by molar-refractivity contribution is 7.14. The second kappa shape index (κ2) is 3.54. The predicted octanol–water partition coefficient (Wildman–Crippen LogP) is 3.37. The van der Waals surface area contributed by atoms with E-state index in [2.05, 4.69) is 15.5 Å². The molecule has 0 unspecified atom stereocenters. The summed E-state index contributed by atoms with van der Waals surface area (Å²) < 4.78 is 0.802. The van der Waals surface area contributed by atoms with E-state index in [1.54, 1.807) is 0 Å². The topological polar surface area (TPSA) is 40.7 Å². The van der Waals surface area contributed by atoms with E-state index in [0.29, 0.717) is 6.04 Å². The highest BCUT2D eigenvalue weighted by Crippen LogP contribution is 2.30. The van der Waals surface area contributed by atoms with Crippen LogP contribution in [0, 0.1) is 0 Å². The van der Waals surface area contributed by atoms with Gasteiger partial charge >= 0.3 is 0 Å². The molecule has 3 nitrogen and oxygen atoms in total. The van der Waals surface area contributed by atoms with Crippen LogP contribution in [0.3, 0.4) is 0 Å². The Balaban J connectivity index is 1.82. The highest BCUT2D eigenvalue weighted by Gasteiger charge is 2.21.